The van der Waals surface area contributed by atoms with Gasteiger partial charge in [-0.25, -0.2) is 9.18 Å². The van der Waals surface area contributed by atoms with Gasteiger partial charge in [-0.2, -0.15) is 0 Å². The Balaban J connectivity index is 1.68. The van der Waals surface area contributed by atoms with Crippen molar-refractivity contribution in [3.05, 3.63) is 82.4 Å². The highest BCUT2D eigenvalue weighted by atomic mass is 35.5. The molecule has 4 rings (SSSR count). The van der Waals surface area contributed by atoms with Crippen LogP contribution in [0.3, 0.4) is 0 Å². The number of Topliss-reactive ketones (excluding diaryl/α,β-unsaturated/α-hetero) is 1. The Morgan fingerprint density at radius 2 is 1.93 bits per heavy atom. The summed E-state index contributed by atoms with van der Waals surface area (Å²) in [5.74, 6) is -2.56. The van der Waals surface area contributed by atoms with Crippen molar-refractivity contribution in [1.29, 1.82) is 0 Å². The van der Waals surface area contributed by atoms with Crippen molar-refractivity contribution in [3.63, 3.8) is 0 Å². The van der Waals surface area contributed by atoms with E-state index in [1.807, 2.05) is 0 Å². The minimum Gasteiger partial charge on any atom is -0.456 e. The van der Waals surface area contributed by atoms with Gasteiger partial charge in [0.1, 0.15) is 12.4 Å². The first-order chi connectivity index (χ1) is 13.9. The summed E-state index contributed by atoms with van der Waals surface area (Å²) in [4.78, 5) is 36.3. The van der Waals surface area contributed by atoms with Gasteiger partial charge in [-0.3, -0.25) is 9.59 Å². The summed E-state index contributed by atoms with van der Waals surface area (Å²) in [6.07, 6.45) is 2.69. The average Bonchev–Trinajstić information content (AvgIpc) is 3.26. The predicted octanol–water partition coefficient (Wildman–Crippen LogP) is 3.22. The molecule has 29 heavy (non-hydrogen) atoms. The zero-order chi connectivity index (χ0) is 20.5. The smallest absolute Gasteiger partial charge is 0.333 e. The summed E-state index contributed by atoms with van der Waals surface area (Å²) in [6.45, 7) is 0.289. The molecule has 2 aromatic carbocycles. The molecule has 6 nitrogen and oxygen atoms in total. The lowest BCUT2D eigenvalue weighted by Gasteiger charge is -2.05. The minimum atomic E-state index is -0.879. The highest BCUT2D eigenvalue weighted by molar-refractivity contribution is 6.45. The second kappa shape index (κ2) is 7.52. The summed E-state index contributed by atoms with van der Waals surface area (Å²) in [7, 11) is 0. The summed E-state index contributed by atoms with van der Waals surface area (Å²) in [6, 6.07) is 11.1. The van der Waals surface area contributed by atoms with Crippen molar-refractivity contribution in [1.82, 2.24) is 9.88 Å². The summed E-state index contributed by atoms with van der Waals surface area (Å²) < 4.78 is 19.7. The van der Waals surface area contributed by atoms with Gasteiger partial charge in [-0.1, -0.05) is 23.7 Å². The van der Waals surface area contributed by atoms with Crippen molar-refractivity contribution in [2.75, 3.05) is 6.61 Å². The molecule has 0 spiro atoms. The lowest BCUT2D eigenvalue weighted by molar-refractivity contribution is -0.135. The van der Waals surface area contributed by atoms with E-state index >= 15 is 0 Å². The van der Waals surface area contributed by atoms with Gasteiger partial charge in [0, 0.05) is 34.7 Å². The number of amides is 1. The lowest BCUT2D eigenvalue weighted by atomic mass is 10.1. The number of hydrogen-bond acceptors (Lipinski definition) is 4. The second-order valence-electron chi connectivity index (χ2n) is 6.52. The monoisotopic (exact) mass is 412 g/mol. The number of hydrogen-bond donors (Lipinski definition) is 1. The van der Waals surface area contributed by atoms with Gasteiger partial charge in [0.15, 0.2) is 0 Å². The standard InChI is InChI=1S/C21H14ClFN2O4/c22-13-3-6-18-16(7-13)17(10-25(18)9-12-1-4-14(23)5-2-12)20(27)21(28)24-15-8-19(26)29-11-15/h1-8,10H,9,11H2,(H,24,28). The van der Waals surface area contributed by atoms with E-state index in [0.717, 1.165) is 11.6 Å². The molecule has 0 bridgehead atoms. The molecule has 1 N–H and O–H groups in total. The molecule has 1 aliphatic heterocycles. The molecule has 3 aromatic rings. The maximum Gasteiger partial charge on any atom is 0.333 e. The Bertz CT molecular complexity index is 1180. The third-order valence-corrected chi connectivity index (χ3v) is 4.73. The van der Waals surface area contributed by atoms with Crippen LogP contribution in [0.25, 0.3) is 10.9 Å². The number of benzene rings is 2. The third-order valence-electron chi connectivity index (χ3n) is 4.50. The van der Waals surface area contributed by atoms with Crippen LogP contribution in [0.4, 0.5) is 4.39 Å². The summed E-state index contributed by atoms with van der Waals surface area (Å²) in [5, 5.41) is 3.34. The molecule has 0 saturated carbocycles. The van der Waals surface area contributed by atoms with E-state index in [9.17, 15) is 18.8 Å². The fraction of sp³-hybridized carbons (Fsp3) is 0.0952. The fourth-order valence-corrected chi connectivity index (χ4v) is 3.31. The Morgan fingerprint density at radius 3 is 2.62 bits per heavy atom. The van der Waals surface area contributed by atoms with E-state index in [1.165, 1.54) is 12.1 Å². The molecule has 0 saturated heterocycles. The zero-order valence-electron chi connectivity index (χ0n) is 14.9. The number of cyclic esters (lactones) is 1. The van der Waals surface area contributed by atoms with Gasteiger partial charge in [0.05, 0.1) is 11.3 Å². The molecule has 1 amide bonds. The molecular formula is C21H14ClFN2O4. The van der Waals surface area contributed by atoms with E-state index < -0.39 is 17.7 Å². The maximum atomic E-state index is 13.2. The number of carbonyl (C=O) groups is 3. The van der Waals surface area contributed by atoms with Gasteiger partial charge in [-0.15, -0.1) is 0 Å². The number of nitrogens with one attached hydrogen (secondary N) is 1. The molecule has 0 aliphatic carbocycles. The number of carbonyl (C=O) groups excluding carboxylic acids is 3. The first-order valence-electron chi connectivity index (χ1n) is 8.66. The van der Waals surface area contributed by atoms with Crippen LogP contribution in [0.15, 0.2) is 60.4 Å². The van der Waals surface area contributed by atoms with Gasteiger partial charge >= 0.3 is 5.97 Å². The lowest BCUT2D eigenvalue weighted by Crippen LogP contribution is -2.31. The molecule has 0 atom stereocenters. The Hall–Kier alpha value is -3.45. The van der Waals surface area contributed by atoms with Gasteiger partial charge in [0.25, 0.3) is 11.7 Å². The number of ketones is 1. The van der Waals surface area contributed by atoms with Crippen LogP contribution in [-0.2, 0) is 20.9 Å². The van der Waals surface area contributed by atoms with E-state index in [1.54, 1.807) is 41.1 Å². The normalized spacial score (nSPS) is 13.3. The van der Waals surface area contributed by atoms with Crippen molar-refractivity contribution in [2.45, 2.75) is 6.54 Å². The molecule has 0 radical (unpaired) electrons. The molecule has 0 unspecified atom stereocenters. The number of esters is 1. The highest BCUT2D eigenvalue weighted by Gasteiger charge is 2.24. The summed E-state index contributed by atoms with van der Waals surface area (Å²) in [5.41, 5.74) is 1.93. The largest absolute Gasteiger partial charge is 0.456 e. The topological polar surface area (TPSA) is 77.4 Å². The number of aromatic nitrogens is 1. The first kappa shape index (κ1) is 18.9. The Labute approximate surface area is 169 Å². The van der Waals surface area contributed by atoms with Crippen LogP contribution in [0.2, 0.25) is 5.02 Å². The van der Waals surface area contributed by atoms with Crippen molar-refractivity contribution in [2.24, 2.45) is 0 Å². The van der Waals surface area contributed by atoms with Crippen LogP contribution in [0, 0.1) is 5.82 Å². The molecule has 1 aliphatic rings. The number of ether oxygens (including phenoxy) is 1. The van der Waals surface area contributed by atoms with Gasteiger partial charge in [0.2, 0.25) is 0 Å². The van der Waals surface area contributed by atoms with Gasteiger partial charge < -0.3 is 14.6 Å². The highest BCUT2D eigenvalue weighted by Crippen LogP contribution is 2.26. The number of fused-ring (bicyclic) bond motifs is 1. The number of rotatable bonds is 5. The SMILES string of the molecule is O=C1C=C(NC(=O)C(=O)c2cn(Cc3ccc(F)cc3)c3ccc(Cl)cc23)CO1. The van der Waals surface area contributed by atoms with E-state index in [2.05, 4.69) is 5.32 Å². The quantitative estimate of drug-likeness (QED) is 0.396. The van der Waals surface area contributed by atoms with Crippen LogP contribution >= 0.6 is 11.6 Å². The fourth-order valence-electron chi connectivity index (χ4n) is 3.14. The molecular weight excluding hydrogens is 399 g/mol. The van der Waals surface area contributed by atoms with E-state index in [-0.39, 0.29) is 23.7 Å². The molecule has 2 heterocycles. The van der Waals surface area contributed by atoms with Crippen LogP contribution in [0.1, 0.15) is 15.9 Å². The number of halogens is 2. The third kappa shape index (κ3) is 3.90. The molecule has 1 aromatic heterocycles. The van der Waals surface area contributed by atoms with Crippen molar-refractivity contribution >= 4 is 40.2 Å². The van der Waals surface area contributed by atoms with Gasteiger partial charge in [-0.05, 0) is 35.9 Å². The maximum absolute atomic E-state index is 13.2. The molecule has 146 valence electrons. The van der Waals surface area contributed by atoms with Crippen molar-refractivity contribution < 1.29 is 23.5 Å². The van der Waals surface area contributed by atoms with Crippen LogP contribution in [0.5, 0.6) is 0 Å². The first-order valence-corrected chi connectivity index (χ1v) is 9.04. The molecule has 8 heteroatoms. The van der Waals surface area contributed by atoms with E-state index in [4.69, 9.17) is 16.3 Å². The second-order valence-corrected chi connectivity index (χ2v) is 6.96. The molecule has 0 fully saturated rings. The zero-order valence-corrected chi connectivity index (χ0v) is 15.7. The Kier molecular flexibility index (Phi) is 4.90. The Morgan fingerprint density at radius 1 is 1.17 bits per heavy atom. The summed E-state index contributed by atoms with van der Waals surface area (Å²) >= 11 is 6.09. The predicted molar refractivity (Wildman–Crippen MR) is 104 cm³/mol. The van der Waals surface area contributed by atoms with Crippen molar-refractivity contribution in [3.8, 4) is 0 Å². The van der Waals surface area contributed by atoms with E-state index in [0.29, 0.717) is 22.5 Å². The average molecular weight is 413 g/mol. The minimum absolute atomic E-state index is 0.0873. The van der Waals surface area contributed by atoms with Crippen LogP contribution in [-0.4, -0.2) is 28.8 Å². The number of nitrogens with zero attached hydrogens (tertiary/aromatic N) is 1. The van der Waals surface area contributed by atoms with Crippen LogP contribution < -0.4 is 5.32 Å².